The minimum atomic E-state index is -0.425. The van der Waals surface area contributed by atoms with E-state index in [1.807, 2.05) is 32.1 Å². The summed E-state index contributed by atoms with van der Waals surface area (Å²) in [7, 11) is 1.43. The first-order valence-electron chi connectivity index (χ1n) is 5.79. The number of carbonyl (C=O) groups excluding carboxylic acids is 1. The molecule has 17 heavy (non-hydrogen) atoms. The molecule has 0 aliphatic carbocycles. The van der Waals surface area contributed by atoms with Crippen LogP contribution in [0, 0.1) is 5.41 Å². The predicted octanol–water partition coefficient (Wildman–Crippen LogP) is 3.46. The van der Waals surface area contributed by atoms with Gasteiger partial charge in [0.2, 0.25) is 0 Å². The van der Waals surface area contributed by atoms with Crippen LogP contribution in [0.5, 0.6) is 0 Å². The zero-order chi connectivity index (χ0) is 12.9. The quantitative estimate of drug-likeness (QED) is 0.727. The molecule has 0 amide bonds. The Hall–Kier alpha value is -1.57. The van der Waals surface area contributed by atoms with Crippen LogP contribution >= 0.6 is 0 Å². The van der Waals surface area contributed by atoms with Gasteiger partial charge in [-0.25, -0.2) is 0 Å². The van der Waals surface area contributed by atoms with E-state index >= 15 is 0 Å². The van der Waals surface area contributed by atoms with Crippen LogP contribution in [0.1, 0.15) is 31.4 Å². The van der Waals surface area contributed by atoms with Gasteiger partial charge in [-0.15, -0.1) is 0 Å². The van der Waals surface area contributed by atoms with Crippen LogP contribution in [0.2, 0.25) is 0 Å². The minimum absolute atomic E-state index is 0.153. The zero-order valence-electron chi connectivity index (χ0n) is 10.8. The number of hydrogen-bond acceptors (Lipinski definition) is 2. The highest BCUT2D eigenvalue weighted by molar-refractivity contribution is 5.75. The lowest BCUT2D eigenvalue weighted by atomic mass is 9.86. The summed E-state index contributed by atoms with van der Waals surface area (Å²) < 4.78 is 4.79. The van der Waals surface area contributed by atoms with Crippen LogP contribution in [-0.4, -0.2) is 13.1 Å². The van der Waals surface area contributed by atoms with E-state index in [0.717, 1.165) is 18.4 Å². The van der Waals surface area contributed by atoms with Crippen molar-refractivity contribution in [3.8, 4) is 0 Å². The van der Waals surface area contributed by atoms with Gasteiger partial charge in [-0.1, -0.05) is 36.9 Å². The molecular formula is C15H20O2. The van der Waals surface area contributed by atoms with Gasteiger partial charge in [0, 0.05) is 0 Å². The molecule has 2 nitrogen and oxygen atoms in total. The van der Waals surface area contributed by atoms with Crippen molar-refractivity contribution in [1.29, 1.82) is 0 Å². The van der Waals surface area contributed by atoms with E-state index in [0.29, 0.717) is 0 Å². The standard InChI is InChI=1S/C15H20O2/c1-5-12-6-8-13(9-7-12)10-11-15(2,3)14(16)17-4/h5-9H,1,10-11H2,2-4H3. The van der Waals surface area contributed by atoms with Gasteiger partial charge in [0.1, 0.15) is 0 Å². The molecule has 1 rings (SSSR count). The summed E-state index contributed by atoms with van der Waals surface area (Å²) in [5.74, 6) is -0.153. The summed E-state index contributed by atoms with van der Waals surface area (Å²) in [4.78, 5) is 11.5. The van der Waals surface area contributed by atoms with Crippen molar-refractivity contribution in [3.05, 3.63) is 42.0 Å². The van der Waals surface area contributed by atoms with Crippen LogP contribution in [0.25, 0.3) is 6.08 Å². The van der Waals surface area contributed by atoms with Gasteiger partial charge in [-0.05, 0) is 37.8 Å². The van der Waals surface area contributed by atoms with Gasteiger partial charge >= 0.3 is 5.97 Å². The van der Waals surface area contributed by atoms with Crippen LogP contribution in [0.4, 0.5) is 0 Å². The Morgan fingerprint density at radius 3 is 2.41 bits per heavy atom. The zero-order valence-corrected chi connectivity index (χ0v) is 10.8. The lowest BCUT2D eigenvalue weighted by Gasteiger charge is -2.21. The van der Waals surface area contributed by atoms with E-state index in [1.54, 1.807) is 0 Å². The second kappa shape index (κ2) is 5.67. The Labute approximate surface area is 103 Å². The first-order valence-corrected chi connectivity index (χ1v) is 5.79. The number of esters is 1. The molecule has 0 aliphatic heterocycles. The summed E-state index contributed by atoms with van der Waals surface area (Å²) in [6.45, 7) is 7.55. The first kappa shape index (κ1) is 13.5. The molecule has 1 aromatic carbocycles. The van der Waals surface area contributed by atoms with E-state index in [4.69, 9.17) is 4.74 Å². The van der Waals surface area contributed by atoms with E-state index in [9.17, 15) is 4.79 Å². The highest BCUT2D eigenvalue weighted by atomic mass is 16.5. The largest absolute Gasteiger partial charge is 0.469 e. The van der Waals surface area contributed by atoms with Crippen LogP contribution in [0.15, 0.2) is 30.8 Å². The molecule has 92 valence electrons. The number of hydrogen-bond donors (Lipinski definition) is 0. The van der Waals surface area contributed by atoms with Crippen molar-refractivity contribution in [2.24, 2.45) is 5.41 Å². The Bertz CT molecular complexity index is 388. The number of aryl methyl sites for hydroxylation is 1. The van der Waals surface area contributed by atoms with Crippen molar-refractivity contribution in [2.75, 3.05) is 7.11 Å². The molecule has 0 spiro atoms. The van der Waals surface area contributed by atoms with Crippen LogP contribution in [0.3, 0.4) is 0 Å². The van der Waals surface area contributed by atoms with Crippen molar-refractivity contribution in [1.82, 2.24) is 0 Å². The molecule has 0 radical (unpaired) electrons. The highest BCUT2D eigenvalue weighted by Gasteiger charge is 2.27. The molecule has 0 unspecified atom stereocenters. The number of rotatable bonds is 5. The van der Waals surface area contributed by atoms with E-state index in [-0.39, 0.29) is 5.97 Å². The van der Waals surface area contributed by atoms with Crippen molar-refractivity contribution in [2.45, 2.75) is 26.7 Å². The van der Waals surface area contributed by atoms with Gasteiger partial charge in [0.15, 0.2) is 0 Å². The van der Waals surface area contributed by atoms with Crippen LogP contribution < -0.4 is 0 Å². The summed E-state index contributed by atoms with van der Waals surface area (Å²) in [6, 6.07) is 8.22. The minimum Gasteiger partial charge on any atom is -0.469 e. The second-order valence-electron chi connectivity index (χ2n) is 4.82. The molecule has 2 heteroatoms. The number of benzene rings is 1. The molecule has 1 aromatic rings. The Morgan fingerprint density at radius 1 is 1.35 bits per heavy atom. The molecule has 0 aromatic heterocycles. The van der Waals surface area contributed by atoms with Gasteiger partial charge < -0.3 is 4.74 Å². The molecule has 0 atom stereocenters. The fraction of sp³-hybridized carbons (Fsp3) is 0.400. The molecule has 0 saturated carbocycles. The summed E-state index contributed by atoms with van der Waals surface area (Å²) in [6.07, 6.45) is 3.48. The third kappa shape index (κ3) is 3.74. The fourth-order valence-electron chi connectivity index (χ4n) is 1.66. The summed E-state index contributed by atoms with van der Waals surface area (Å²) in [5, 5.41) is 0. The molecule has 0 saturated heterocycles. The predicted molar refractivity (Wildman–Crippen MR) is 70.7 cm³/mol. The normalized spacial score (nSPS) is 11.0. The average molecular weight is 232 g/mol. The molecule has 0 fully saturated rings. The maximum absolute atomic E-state index is 11.5. The van der Waals surface area contributed by atoms with Gasteiger partial charge in [0.05, 0.1) is 12.5 Å². The summed E-state index contributed by atoms with van der Waals surface area (Å²) in [5.41, 5.74) is 1.92. The Kier molecular flexibility index (Phi) is 4.50. The van der Waals surface area contributed by atoms with E-state index in [2.05, 4.69) is 18.7 Å². The Balaban J connectivity index is 2.60. The van der Waals surface area contributed by atoms with Gasteiger partial charge in [0.25, 0.3) is 0 Å². The molecular weight excluding hydrogens is 212 g/mol. The monoisotopic (exact) mass is 232 g/mol. The summed E-state index contributed by atoms with van der Waals surface area (Å²) >= 11 is 0. The van der Waals surface area contributed by atoms with E-state index < -0.39 is 5.41 Å². The smallest absolute Gasteiger partial charge is 0.311 e. The van der Waals surface area contributed by atoms with Crippen molar-refractivity contribution >= 4 is 12.0 Å². The molecule has 0 aliphatic rings. The highest BCUT2D eigenvalue weighted by Crippen LogP contribution is 2.24. The lowest BCUT2D eigenvalue weighted by Crippen LogP contribution is -2.26. The molecule has 0 heterocycles. The topological polar surface area (TPSA) is 26.3 Å². The molecule has 0 bridgehead atoms. The van der Waals surface area contributed by atoms with Gasteiger partial charge in [-0.2, -0.15) is 0 Å². The maximum Gasteiger partial charge on any atom is 0.311 e. The average Bonchev–Trinajstić information content (AvgIpc) is 2.36. The van der Waals surface area contributed by atoms with Gasteiger partial charge in [-0.3, -0.25) is 4.79 Å². The third-order valence-electron chi connectivity index (χ3n) is 2.99. The number of methoxy groups -OCH3 is 1. The van der Waals surface area contributed by atoms with E-state index in [1.165, 1.54) is 12.7 Å². The SMILES string of the molecule is C=Cc1ccc(CCC(C)(C)C(=O)OC)cc1. The maximum atomic E-state index is 11.5. The number of carbonyl (C=O) groups is 1. The number of ether oxygens (including phenoxy) is 1. The molecule has 0 N–H and O–H groups in total. The Morgan fingerprint density at radius 2 is 1.94 bits per heavy atom. The van der Waals surface area contributed by atoms with Crippen molar-refractivity contribution in [3.63, 3.8) is 0 Å². The third-order valence-corrected chi connectivity index (χ3v) is 2.99. The first-order chi connectivity index (χ1) is 7.99. The fourth-order valence-corrected chi connectivity index (χ4v) is 1.66. The lowest BCUT2D eigenvalue weighted by molar-refractivity contribution is -0.151. The second-order valence-corrected chi connectivity index (χ2v) is 4.82. The van der Waals surface area contributed by atoms with Crippen molar-refractivity contribution < 1.29 is 9.53 Å². The van der Waals surface area contributed by atoms with Crippen LogP contribution in [-0.2, 0) is 16.0 Å².